The Balaban J connectivity index is 1.32. The molecule has 9 rings (SSSR count). The summed E-state index contributed by atoms with van der Waals surface area (Å²) in [5, 5.41) is 25.6. The fraction of sp³-hybridized carbons (Fsp3) is 0.0714. The summed E-state index contributed by atoms with van der Waals surface area (Å²) in [6.45, 7) is 0. The van der Waals surface area contributed by atoms with E-state index in [-0.39, 0.29) is 105 Å². The number of ether oxygens (including phenoxy) is 4. The number of rotatable bonds is 10. The van der Waals surface area contributed by atoms with Crippen molar-refractivity contribution >= 4 is 35.3 Å². The molecule has 0 amide bonds. The molecule has 0 unspecified atom stereocenters. The summed E-state index contributed by atoms with van der Waals surface area (Å²) in [5.41, 5.74) is 1.94. The van der Waals surface area contributed by atoms with E-state index in [9.17, 15) is 39.4 Å². The maximum Gasteiger partial charge on any atom is 0.343 e. The van der Waals surface area contributed by atoms with Gasteiger partial charge in [0.25, 0.3) is 11.4 Å². The van der Waals surface area contributed by atoms with Gasteiger partial charge in [0.05, 0.1) is 32.1 Å². The van der Waals surface area contributed by atoms with Crippen LogP contribution in [0.2, 0.25) is 0 Å². The molecule has 70 heavy (non-hydrogen) atoms. The monoisotopic (exact) mass is 930 g/mol. The van der Waals surface area contributed by atoms with Crippen molar-refractivity contribution in [1.29, 1.82) is 0 Å². The average molecular weight is 931 g/mol. The van der Waals surface area contributed by atoms with Crippen LogP contribution in [-0.4, -0.2) is 33.7 Å². The zero-order chi connectivity index (χ0) is 48.7. The van der Waals surface area contributed by atoms with Crippen LogP contribution in [0.15, 0.2) is 182 Å². The second-order valence-corrected chi connectivity index (χ2v) is 16.2. The number of non-ortho nitro benzene ring substituents is 2. The molecule has 1 aliphatic rings. The maximum atomic E-state index is 14.0. The lowest BCUT2D eigenvalue weighted by molar-refractivity contribution is -0.385. The predicted molar refractivity (Wildman–Crippen MR) is 256 cm³/mol. The molecule has 0 aliphatic heterocycles. The first-order chi connectivity index (χ1) is 34.0. The number of hydrogen-bond acceptors (Lipinski definition) is 12. The molecule has 14 heteroatoms. The quantitative estimate of drug-likeness (QED) is 0.0546. The van der Waals surface area contributed by atoms with Gasteiger partial charge < -0.3 is 18.9 Å². The fourth-order valence-corrected chi connectivity index (χ4v) is 8.29. The second kappa shape index (κ2) is 20.1. The largest absolute Gasteiger partial charge is 0.422 e. The number of hydrogen-bond donors (Lipinski definition) is 0. The SMILES string of the molecule is O=C(Oc1c2cccc1Cc1cc([N+](=O)[O-])cc(c1OC(=O)c1ccccc1)Cc1cccc(c1OC(=O)c1ccccc1)Cc1cc([N+](=O)[O-])cc(c1OC(=O)c1ccccc1)C2)c1ccccc1. The van der Waals surface area contributed by atoms with Crippen LogP contribution < -0.4 is 18.9 Å². The number of fused-ring (bicyclic) bond motifs is 8. The Kier molecular flexibility index (Phi) is 13.1. The Hall–Kier alpha value is -9.56. The summed E-state index contributed by atoms with van der Waals surface area (Å²) in [6.07, 6.45) is -0.876. The first-order valence-corrected chi connectivity index (χ1v) is 21.9. The van der Waals surface area contributed by atoms with Crippen molar-refractivity contribution in [1.82, 2.24) is 0 Å². The third-order valence-electron chi connectivity index (χ3n) is 11.6. The zero-order valence-electron chi connectivity index (χ0n) is 36.9. The van der Waals surface area contributed by atoms with Gasteiger partial charge in [-0.1, -0.05) is 109 Å². The standard InChI is InChI=1S/C56H38N2O12/c59-53(35-15-5-1-6-16-35)67-49-39-23-13-24-40(49)28-44-32-48(58(65)66)34-46(52(44)70-56(62)38-21-11-4-12-22-38)30-42-26-14-25-41(50(42)68-54(60)36-17-7-2-8-18-36)29-45-33-47(57(63)64)31-43(27-39)51(45)69-55(61)37-19-9-3-10-20-37/h1-26,31-34H,27-30H2. The van der Waals surface area contributed by atoms with E-state index in [1.54, 1.807) is 158 Å². The minimum Gasteiger partial charge on any atom is -0.422 e. The molecule has 0 saturated heterocycles. The molecule has 0 radical (unpaired) electrons. The summed E-state index contributed by atoms with van der Waals surface area (Å²) < 4.78 is 25.0. The number of nitro groups is 2. The van der Waals surface area contributed by atoms with E-state index in [1.165, 1.54) is 24.3 Å². The average Bonchev–Trinajstić information content (AvgIpc) is 3.37. The summed E-state index contributed by atoms with van der Waals surface area (Å²) in [4.78, 5) is 80.5. The smallest absolute Gasteiger partial charge is 0.343 e. The predicted octanol–water partition coefficient (Wildman–Crippen LogP) is 11.1. The number of nitro benzene ring substituents is 2. The van der Waals surface area contributed by atoms with Crippen LogP contribution in [0.4, 0.5) is 11.4 Å². The topological polar surface area (TPSA) is 191 Å². The minimum absolute atomic E-state index is 0.00515. The van der Waals surface area contributed by atoms with Gasteiger partial charge in [0, 0.05) is 72.2 Å². The van der Waals surface area contributed by atoms with Crippen molar-refractivity contribution in [2.24, 2.45) is 0 Å². The lowest BCUT2D eigenvalue weighted by Gasteiger charge is -2.22. The van der Waals surface area contributed by atoms with E-state index in [0.29, 0.717) is 22.3 Å². The van der Waals surface area contributed by atoms with Crippen LogP contribution in [0.25, 0.3) is 0 Å². The molecule has 1 aliphatic carbocycles. The summed E-state index contributed by atoms with van der Waals surface area (Å²) in [7, 11) is 0. The number of carbonyl (C=O) groups excluding carboxylic acids is 4. The Labute approximate surface area is 399 Å². The molecule has 0 spiro atoms. The number of carbonyl (C=O) groups is 4. The van der Waals surface area contributed by atoms with Gasteiger partial charge in [-0.3, -0.25) is 20.2 Å². The highest BCUT2D eigenvalue weighted by Crippen LogP contribution is 2.42. The van der Waals surface area contributed by atoms with E-state index in [0.717, 1.165) is 0 Å². The fourth-order valence-electron chi connectivity index (χ4n) is 8.29. The lowest BCUT2D eigenvalue weighted by Crippen LogP contribution is -2.16. The lowest BCUT2D eigenvalue weighted by atomic mass is 9.90. The molecule has 344 valence electrons. The van der Waals surface area contributed by atoms with Crippen molar-refractivity contribution < 1.29 is 48.0 Å². The molecular formula is C56H38N2O12. The van der Waals surface area contributed by atoms with Crippen molar-refractivity contribution in [3.63, 3.8) is 0 Å². The highest BCUT2D eigenvalue weighted by Gasteiger charge is 2.29. The first kappa shape index (κ1) is 45.6. The highest BCUT2D eigenvalue weighted by atomic mass is 16.6. The van der Waals surface area contributed by atoms with Crippen LogP contribution >= 0.6 is 0 Å². The van der Waals surface area contributed by atoms with Gasteiger partial charge in [0.15, 0.2) is 0 Å². The van der Waals surface area contributed by atoms with Gasteiger partial charge in [0.1, 0.15) is 23.0 Å². The van der Waals surface area contributed by atoms with Crippen molar-refractivity contribution in [2.75, 3.05) is 0 Å². The van der Waals surface area contributed by atoms with Gasteiger partial charge in [-0.2, -0.15) is 0 Å². The van der Waals surface area contributed by atoms with Gasteiger partial charge in [-0.15, -0.1) is 0 Å². The Morgan fingerprint density at radius 2 is 0.529 bits per heavy atom. The van der Waals surface area contributed by atoms with Crippen LogP contribution in [0.5, 0.6) is 23.0 Å². The summed E-state index contributed by atoms with van der Waals surface area (Å²) in [6, 6.07) is 47.7. The molecule has 0 fully saturated rings. The van der Waals surface area contributed by atoms with Gasteiger partial charge >= 0.3 is 23.9 Å². The van der Waals surface area contributed by atoms with E-state index >= 15 is 0 Å². The number of benzene rings is 8. The van der Waals surface area contributed by atoms with Crippen molar-refractivity contribution in [3.05, 3.63) is 269 Å². The Morgan fingerprint density at radius 3 is 0.743 bits per heavy atom. The van der Waals surface area contributed by atoms with Gasteiger partial charge in [0.2, 0.25) is 0 Å². The Bertz CT molecular complexity index is 3030. The van der Waals surface area contributed by atoms with Crippen LogP contribution in [-0.2, 0) is 25.7 Å². The molecule has 8 aromatic carbocycles. The first-order valence-electron chi connectivity index (χ1n) is 21.9. The molecule has 0 heterocycles. The van der Waals surface area contributed by atoms with Crippen molar-refractivity contribution in [3.8, 4) is 23.0 Å². The van der Waals surface area contributed by atoms with E-state index in [1.807, 2.05) is 0 Å². The Morgan fingerprint density at radius 1 is 0.314 bits per heavy atom. The van der Waals surface area contributed by atoms with Gasteiger partial charge in [-0.25, -0.2) is 19.2 Å². The van der Waals surface area contributed by atoms with Crippen LogP contribution in [0, 0.1) is 20.2 Å². The molecule has 8 bridgehead atoms. The van der Waals surface area contributed by atoms with E-state index in [4.69, 9.17) is 18.9 Å². The molecule has 0 saturated carbocycles. The molecule has 14 nitrogen and oxygen atoms in total. The van der Waals surface area contributed by atoms with Crippen LogP contribution in [0.1, 0.15) is 85.9 Å². The summed E-state index contributed by atoms with van der Waals surface area (Å²) >= 11 is 0. The third kappa shape index (κ3) is 10.1. The van der Waals surface area contributed by atoms with E-state index < -0.39 is 33.7 Å². The van der Waals surface area contributed by atoms with E-state index in [2.05, 4.69) is 0 Å². The second-order valence-electron chi connectivity index (χ2n) is 16.2. The zero-order valence-corrected chi connectivity index (χ0v) is 36.9. The number of esters is 4. The molecular weight excluding hydrogens is 893 g/mol. The number of para-hydroxylation sites is 2. The molecule has 0 atom stereocenters. The molecule has 8 aromatic rings. The third-order valence-corrected chi connectivity index (χ3v) is 11.6. The van der Waals surface area contributed by atoms with Crippen molar-refractivity contribution in [2.45, 2.75) is 25.7 Å². The molecule has 0 N–H and O–H groups in total. The van der Waals surface area contributed by atoms with Crippen LogP contribution in [0.3, 0.4) is 0 Å². The molecule has 0 aromatic heterocycles. The normalized spacial score (nSPS) is 11.7. The number of nitrogens with zero attached hydrogens (tertiary/aromatic N) is 2. The minimum atomic E-state index is -0.766. The maximum absolute atomic E-state index is 14.0. The summed E-state index contributed by atoms with van der Waals surface area (Å²) in [5.74, 6) is -3.10. The van der Waals surface area contributed by atoms with Gasteiger partial charge in [-0.05, 0) is 70.8 Å². The highest BCUT2D eigenvalue weighted by molar-refractivity contribution is 5.94.